The number of ether oxygens (including phenoxy) is 1. The van der Waals surface area contributed by atoms with Crippen LogP contribution in [-0.2, 0) is 16.4 Å². The number of alkyl halides is 3. The minimum atomic E-state index is -4.35. The third-order valence-electron chi connectivity index (χ3n) is 6.31. The van der Waals surface area contributed by atoms with E-state index in [0.717, 1.165) is 49.8 Å². The van der Waals surface area contributed by atoms with Crippen LogP contribution in [0.1, 0.15) is 57.1 Å². The number of rotatable bonds is 6. The topological polar surface area (TPSA) is 26.3 Å². The van der Waals surface area contributed by atoms with E-state index >= 15 is 0 Å². The SMILES string of the molecule is CC(C)(C(=O)C1CCCC(COc2ccc(C(F)(F)F)cc2)CC1)c1ccc(Cl)cc1. The number of ketones is 1. The second kappa shape index (κ2) is 9.64. The lowest BCUT2D eigenvalue weighted by Gasteiger charge is -2.28. The largest absolute Gasteiger partial charge is 0.493 e. The quantitative estimate of drug-likeness (QED) is 0.424. The van der Waals surface area contributed by atoms with Gasteiger partial charge in [0.2, 0.25) is 0 Å². The summed E-state index contributed by atoms with van der Waals surface area (Å²) in [5.41, 5.74) is -0.293. The average molecular weight is 453 g/mol. The van der Waals surface area contributed by atoms with Gasteiger partial charge < -0.3 is 4.74 Å². The molecule has 0 aliphatic heterocycles. The molecule has 0 saturated heterocycles. The fourth-order valence-corrected chi connectivity index (χ4v) is 4.41. The maximum Gasteiger partial charge on any atom is 0.416 e. The summed E-state index contributed by atoms with van der Waals surface area (Å²) in [5.74, 6) is 0.980. The Morgan fingerprint density at radius 2 is 1.55 bits per heavy atom. The maximum atomic E-state index is 13.3. The zero-order valence-electron chi connectivity index (χ0n) is 17.8. The van der Waals surface area contributed by atoms with Gasteiger partial charge in [-0.05, 0) is 87.4 Å². The first-order valence-corrected chi connectivity index (χ1v) is 11.1. The molecule has 1 saturated carbocycles. The molecule has 6 heteroatoms. The van der Waals surface area contributed by atoms with E-state index in [1.165, 1.54) is 12.1 Å². The van der Waals surface area contributed by atoms with E-state index in [0.29, 0.717) is 23.3 Å². The monoisotopic (exact) mass is 452 g/mol. The van der Waals surface area contributed by atoms with Gasteiger partial charge in [0, 0.05) is 16.4 Å². The summed E-state index contributed by atoms with van der Waals surface area (Å²) < 4.78 is 43.8. The number of benzene rings is 2. The van der Waals surface area contributed by atoms with Crippen molar-refractivity contribution in [2.45, 2.75) is 57.5 Å². The minimum Gasteiger partial charge on any atom is -0.493 e. The van der Waals surface area contributed by atoms with Crippen LogP contribution in [0.4, 0.5) is 13.2 Å². The van der Waals surface area contributed by atoms with Crippen molar-refractivity contribution in [1.29, 1.82) is 0 Å². The Hall–Kier alpha value is -2.01. The Bertz CT molecular complexity index is 873. The van der Waals surface area contributed by atoms with Gasteiger partial charge in [-0.2, -0.15) is 13.2 Å². The molecule has 0 radical (unpaired) electrons. The van der Waals surface area contributed by atoms with Gasteiger partial charge in [-0.3, -0.25) is 4.79 Å². The molecular formula is C25H28ClF3O2. The first kappa shape index (κ1) is 23.6. The molecule has 0 heterocycles. The standard InChI is InChI=1S/C25H28ClF3O2/c1-24(2,19-8-12-21(26)13-9-19)23(30)18-5-3-4-17(6-7-18)16-31-22-14-10-20(11-15-22)25(27,28)29/h8-15,17-18H,3-7,16H2,1-2H3. The summed E-state index contributed by atoms with van der Waals surface area (Å²) in [5, 5.41) is 0.650. The molecule has 0 spiro atoms. The Morgan fingerprint density at radius 3 is 2.16 bits per heavy atom. The molecule has 0 bridgehead atoms. The Kier molecular flexibility index (Phi) is 7.35. The summed E-state index contributed by atoms with van der Waals surface area (Å²) in [6.07, 6.45) is 0.0678. The first-order chi connectivity index (χ1) is 14.6. The van der Waals surface area contributed by atoms with Crippen LogP contribution in [-0.4, -0.2) is 12.4 Å². The van der Waals surface area contributed by atoms with Crippen molar-refractivity contribution in [3.63, 3.8) is 0 Å². The van der Waals surface area contributed by atoms with Gasteiger partial charge in [-0.1, -0.05) is 30.2 Å². The first-order valence-electron chi connectivity index (χ1n) is 10.7. The predicted octanol–water partition coefficient (Wildman–Crippen LogP) is 7.48. The number of carbonyl (C=O) groups is 1. The second-order valence-electron chi connectivity index (χ2n) is 8.90. The van der Waals surface area contributed by atoms with Crippen LogP contribution in [0, 0.1) is 11.8 Å². The number of carbonyl (C=O) groups excluding carboxylic acids is 1. The van der Waals surface area contributed by atoms with Crippen molar-refractivity contribution < 1.29 is 22.7 Å². The molecular weight excluding hydrogens is 425 g/mol. The Morgan fingerprint density at radius 1 is 0.935 bits per heavy atom. The lowest BCUT2D eigenvalue weighted by molar-refractivity contribution is -0.137. The van der Waals surface area contributed by atoms with Crippen LogP contribution < -0.4 is 4.74 Å². The normalized spacial score (nSPS) is 20.2. The highest BCUT2D eigenvalue weighted by atomic mass is 35.5. The third-order valence-corrected chi connectivity index (χ3v) is 6.56. The van der Waals surface area contributed by atoms with Crippen molar-refractivity contribution in [1.82, 2.24) is 0 Å². The molecule has 0 aromatic heterocycles. The van der Waals surface area contributed by atoms with Crippen molar-refractivity contribution in [3.05, 3.63) is 64.7 Å². The van der Waals surface area contributed by atoms with Gasteiger partial charge in [-0.15, -0.1) is 0 Å². The molecule has 1 aliphatic carbocycles. The highest BCUT2D eigenvalue weighted by Crippen LogP contribution is 2.36. The van der Waals surface area contributed by atoms with Crippen LogP contribution in [0.5, 0.6) is 5.75 Å². The Labute approximate surface area is 186 Å². The van der Waals surface area contributed by atoms with E-state index < -0.39 is 17.2 Å². The molecule has 3 rings (SSSR count). The van der Waals surface area contributed by atoms with E-state index in [1.807, 2.05) is 38.1 Å². The predicted molar refractivity (Wildman–Crippen MR) is 116 cm³/mol. The molecule has 2 aromatic carbocycles. The minimum absolute atomic E-state index is 0.00162. The Balaban J connectivity index is 1.55. The van der Waals surface area contributed by atoms with Gasteiger partial charge in [-0.25, -0.2) is 0 Å². The van der Waals surface area contributed by atoms with Crippen LogP contribution in [0.15, 0.2) is 48.5 Å². The molecule has 2 nitrogen and oxygen atoms in total. The van der Waals surface area contributed by atoms with E-state index in [-0.39, 0.29) is 11.7 Å². The molecule has 0 N–H and O–H groups in total. The highest BCUT2D eigenvalue weighted by Gasteiger charge is 2.36. The lowest BCUT2D eigenvalue weighted by Crippen LogP contribution is -2.34. The van der Waals surface area contributed by atoms with Gasteiger partial charge in [0.25, 0.3) is 0 Å². The van der Waals surface area contributed by atoms with Crippen LogP contribution >= 0.6 is 11.6 Å². The van der Waals surface area contributed by atoms with E-state index in [9.17, 15) is 18.0 Å². The third kappa shape index (κ3) is 6.03. The number of Topliss-reactive ketones (excluding diaryl/α,β-unsaturated/α-hetero) is 1. The van der Waals surface area contributed by atoms with E-state index in [1.54, 1.807) is 0 Å². The van der Waals surface area contributed by atoms with Gasteiger partial charge in [0.05, 0.1) is 12.2 Å². The van der Waals surface area contributed by atoms with E-state index in [2.05, 4.69) is 0 Å². The molecule has 31 heavy (non-hydrogen) atoms. The molecule has 168 valence electrons. The molecule has 2 atom stereocenters. The van der Waals surface area contributed by atoms with Crippen molar-refractivity contribution >= 4 is 17.4 Å². The van der Waals surface area contributed by atoms with E-state index in [4.69, 9.17) is 16.3 Å². The van der Waals surface area contributed by atoms with Gasteiger partial charge >= 0.3 is 6.18 Å². The summed E-state index contributed by atoms with van der Waals surface area (Å²) in [7, 11) is 0. The summed E-state index contributed by atoms with van der Waals surface area (Å²) in [6.45, 7) is 4.39. The zero-order chi connectivity index (χ0) is 22.6. The lowest BCUT2D eigenvalue weighted by atomic mass is 9.74. The number of halogens is 4. The molecule has 2 unspecified atom stereocenters. The second-order valence-corrected chi connectivity index (χ2v) is 9.34. The number of hydrogen-bond donors (Lipinski definition) is 0. The summed E-state index contributed by atoms with van der Waals surface area (Å²) in [4.78, 5) is 13.3. The fraction of sp³-hybridized carbons (Fsp3) is 0.480. The van der Waals surface area contributed by atoms with Crippen molar-refractivity contribution in [2.24, 2.45) is 11.8 Å². The van der Waals surface area contributed by atoms with Crippen molar-refractivity contribution in [3.8, 4) is 5.75 Å². The molecule has 0 amide bonds. The smallest absolute Gasteiger partial charge is 0.416 e. The summed E-state index contributed by atoms with van der Waals surface area (Å²) >= 11 is 5.98. The molecule has 1 aliphatic rings. The van der Waals surface area contributed by atoms with Crippen molar-refractivity contribution in [2.75, 3.05) is 6.61 Å². The maximum absolute atomic E-state index is 13.3. The average Bonchev–Trinajstić information content (AvgIpc) is 2.97. The van der Waals surface area contributed by atoms with Gasteiger partial charge in [0.1, 0.15) is 11.5 Å². The molecule has 1 fully saturated rings. The zero-order valence-corrected chi connectivity index (χ0v) is 18.6. The fourth-order valence-electron chi connectivity index (χ4n) is 4.28. The van der Waals surface area contributed by atoms with Crippen LogP contribution in [0.2, 0.25) is 5.02 Å². The highest BCUT2D eigenvalue weighted by molar-refractivity contribution is 6.30. The van der Waals surface area contributed by atoms with Crippen LogP contribution in [0.3, 0.4) is 0 Å². The molecule has 2 aromatic rings. The van der Waals surface area contributed by atoms with Gasteiger partial charge in [0.15, 0.2) is 0 Å². The number of hydrogen-bond acceptors (Lipinski definition) is 2. The summed E-state index contributed by atoms with van der Waals surface area (Å²) in [6, 6.07) is 12.3. The van der Waals surface area contributed by atoms with Crippen LogP contribution in [0.25, 0.3) is 0 Å².